The first kappa shape index (κ1) is 40.1. The number of fused-ring (bicyclic) bond motifs is 2. The van der Waals surface area contributed by atoms with Crippen molar-refractivity contribution >= 4 is 74.0 Å². The number of aryl methyl sites for hydroxylation is 2. The van der Waals surface area contributed by atoms with Gasteiger partial charge in [-0.2, -0.15) is 28.8 Å². The van der Waals surface area contributed by atoms with Crippen molar-refractivity contribution in [1.82, 2.24) is 39.1 Å². The van der Waals surface area contributed by atoms with Gasteiger partial charge in [-0.25, -0.2) is 9.99 Å². The van der Waals surface area contributed by atoms with Gasteiger partial charge in [0.25, 0.3) is 0 Å². The molecule has 0 saturated carbocycles. The van der Waals surface area contributed by atoms with Crippen LogP contribution < -0.4 is 21.9 Å². The summed E-state index contributed by atoms with van der Waals surface area (Å²) in [6.45, 7) is 10.1. The molecule has 0 saturated heterocycles. The van der Waals surface area contributed by atoms with Crippen LogP contribution in [0, 0.1) is 3.92 Å². The predicted molar refractivity (Wildman–Crippen MR) is 183 cm³/mol. The van der Waals surface area contributed by atoms with Crippen LogP contribution in [0.2, 0.25) is 5.15 Å². The molecule has 0 aliphatic rings. The number of hydrogen-bond donors (Lipinski definition) is 4. The molecule has 0 fully saturated rings. The van der Waals surface area contributed by atoms with Gasteiger partial charge >= 0.3 is 0 Å². The second-order valence-corrected chi connectivity index (χ2v) is 12.3. The fourth-order valence-corrected chi connectivity index (χ4v) is 3.39. The van der Waals surface area contributed by atoms with Gasteiger partial charge in [0, 0.05) is 86.3 Å². The zero-order valence-corrected chi connectivity index (χ0v) is 30.8. The van der Waals surface area contributed by atoms with E-state index >= 15 is 0 Å². The van der Waals surface area contributed by atoms with Crippen LogP contribution in [0.1, 0.15) is 40.5 Å². The molecule has 235 valence electrons. The number of nitrogens with one attached hydrogen (secondary N) is 3. The summed E-state index contributed by atoms with van der Waals surface area (Å²) in [5, 5.41) is 12.1. The molecule has 0 unspecified atom stereocenters. The largest absolute Gasteiger partial charge is 0.354 e. The molecule has 5 N–H and O–H groups in total. The van der Waals surface area contributed by atoms with Crippen molar-refractivity contribution in [3.8, 4) is 0 Å². The van der Waals surface area contributed by atoms with Crippen LogP contribution in [0.25, 0.3) is 22.1 Å². The molecule has 42 heavy (non-hydrogen) atoms. The van der Waals surface area contributed by atoms with Crippen LogP contribution in [0.4, 0.5) is 17.7 Å². The number of hydrogen-bond acceptors (Lipinski definition) is 10. The standard InChI is InChI=1S/C12H20N6.C10H13ClN4.C3H6I.C2H8N2.V/c1-5-7-13-12-14-10(16-17(2)3)9-6-8-18(4)11(9)15-12;1-3-5-12-10-13-8(11)7-4-6-15(2)9(7)14-10;1-3(2)4;1-4(2)3;/h6,8H,5,7H2,1-4H3,(H2,13,14,15,16);4,6H,3,5H2,1-2H3,(H,12,13,14);1-2H3;3H2,1-2H3;/q;;-1;;. The van der Waals surface area contributed by atoms with Crippen LogP contribution in [0.15, 0.2) is 24.5 Å². The Balaban J connectivity index is 0.000000632. The summed E-state index contributed by atoms with van der Waals surface area (Å²) >= 11 is 8.31. The first-order valence-electron chi connectivity index (χ1n) is 13.4. The van der Waals surface area contributed by atoms with Crippen molar-refractivity contribution in [1.29, 1.82) is 0 Å². The number of rotatable bonds is 8. The Morgan fingerprint density at radius 2 is 1.26 bits per heavy atom. The fourth-order valence-electron chi connectivity index (χ4n) is 3.17. The first-order chi connectivity index (χ1) is 19.3. The monoisotopic (exact) mass is 752 g/mol. The van der Waals surface area contributed by atoms with Crippen LogP contribution >= 0.6 is 34.2 Å². The minimum Gasteiger partial charge on any atom is -0.354 e. The molecule has 1 radical (unpaired) electrons. The summed E-state index contributed by atoms with van der Waals surface area (Å²) in [6.07, 6.45) is 6.00. The van der Waals surface area contributed by atoms with Crippen LogP contribution in [0.3, 0.4) is 0 Å². The average molecular weight is 753 g/mol. The third-order valence-electron chi connectivity index (χ3n) is 4.80. The Hall–Kier alpha value is -1.88. The van der Waals surface area contributed by atoms with Gasteiger partial charge in [-0.3, -0.25) is 14.8 Å². The number of aromatic nitrogens is 6. The number of nitrogens with zero attached hydrogens (tertiary/aromatic N) is 8. The van der Waals surface area contributed by atoms with E-state index in [-0.39, 0.29) is 18.6 Å². The van der Waals surface area contributed by atoms with E-state index in [2.05, 4.69) is 86.3 Å². The maximum absolute atomic E-state index is 6.05. The topological polar surface area (TPSA) is 130 Å². The number of anilines is 3. The summed E-state index contributed by atoms with van der Waals surface area (Å²) < 4.78 is 5.31. The van der Waals surface area contributed by atoms with Crippen molar-refractivity contribution in [2.24, 2.45) is 19.9 Å². The van der Waals surface area contributed by atoms with E-state index in [0.717, 1.165) is 53.8 Å². The van der Waals surface area contributed by atoms with Gasteiger partial charge < -0.3 is 47.8 Å². The summed E-state index contributed by atoms with van der Waals surface area (Å²) in [4.78, 5) is 17.6. The molecule has 0 atom stereocenters. The van der Waals surface area contributed by atoms with Gasteiger partial charge in [-0.15, -0.1) is 0 Å². The van der Waals surface area contributed by atoms with Crippen molar-refractivity contribution in [2.75, 3.05) is 57.3 Å². The van der Waals surface area contributed by atoms with E-state index in [1.165, 1.54) is 8.93 Å². The maximum Gasteiger partial charge on any atom is 0.226 e. The Morgan fingerprint density at radius 3 is 1.69 bits per heavy atom. The van der Waals surface area contributed by atoms with Gasteiger partial charge in [-0.05, 0) is 25.0 Å². The summed E-state index contributed by atoms with van der Waals surface area (Å²) in [7, 11) is 11.4. The van der Waals surface area contributed by atoms with E-state index in [1.807, 2.05) is 66.9 Å². The van der Waals surface area contributed by atoms with Crippen LogP contribution in [0.5, 0.6) is 0 Å². The predicted octanol–water partition coefficient (Wildman–Crippen LogP) is 5.53. The second-order valence-electron chi connectivity index (χ2n) is 9.76. The Morgan fingerprint density at radius 1 is 0.857 bits per heavy atom. The minimum absolute atomic E-state index is 0. The summed E-state index contributed by atoms with van der Waals surface area (Å²) in [5.74, 6) is 7.02. The van der Waals surface area contributed by atoms with Crippen molar-refractivity contribution in [3.05, 3.63) is 33.6 Å². The fraction of sp³-hybridized carbons (Fsp3) is 0.519. The number of nitrogens with two attached hydrogens (primary N) is 1. The molecular weight excluding hydrogens is 706 g/mol. The molecule has 0 bridgehead atoms. The molecular formula is C27H47ClIN12V-. The first-order valence-corrected chi connectivity index (χ1v) is 14.9. The Labute approximate surface area is 281 Å². The zero-order valence-electron chi connectivity index (χ0n) is 26.5. The normalized spacial score (nSPS) is 10.4. The van der Waals surface area contributed by atoms with Gasteiger partial charge in [0.05, 0.1) is 10.8 Å². The SMILES string of the molecule is CCCNc1nc(Cl)c2ccn(C)c2n1.CCCNc1nc(NN(C)C)c2ccn(C)c2n1.CN(C)N.C[C-](C)I.[V]. The van der Waals surface area contributed by atoms with Gasteiger partial charge in [0.15, 0.2) is 5.82 Å². The van der Waals surface area contributed by atoms with Gasteiger partial charge in [0.2, 0.25) is 11.9 Å². The summed E-state index contributed by atoms with van der Waals surface area (Å²) in [6, 6.07) is 3.94. The Bertz CT molecular complexity index is 1300. The van der Waals surface area contributed by atoms with E-state index in [9.17, 15) is 0 Å². The second kappa shape index (κ2) is 20.9. The van der Waals surface area contributed by atoms with E-state index in [4.69, 9.17) is 17.4 Å². The Kier molecular flexibility index (Phi) is 20.0. The molecule has 0 aliphatic heterocycles. The average Bonchev–Trinajstić information content (AvgIpc) is 3.44. The maximum atomic E-state index is 6.05. The molecule has 4 heterocycles. The van der Waals surface area contributed by atoms with Gasteiger partial charge in [0.1, 0.15) is 16.4 Å². The molecule has 0 amide bonds. The van der Waals surface area contributed by atoms with E-state index in [1.54, 1.807) is 14.1 Å². The van der Waals surface area contributed by atoms with Gasteiger partial charge in [-0.1, -0.05) is 25.4 Å². The van der Waals surface area contributed by atoms with Crippen molar-refractivity contribution in [2.45, 2.75) is 40.5 Å². The van der Waals surface area contributed by atoms with Crippen molar-refractivity contribution in [3.63, 3.8) is 0 Å². The summed E-state index contributed by atoms with van der Waals surface area (Å²) in [5.41, 5.74) is 4.99. The quantitative estimate of drug-likeness (QED) is 0.0600. The number of hydrazine groups is 2. The molecule has 4 aromatic heterocycles. The minimum atomic E-state index is 0. The van der Waals surface area contributed by atoms with Crippen molar-refractivity contribution < 1.29 is 18.6 Å². The smallest absolute Gasteiger partial charge is 0.226 e. The molecule has 0 aliphatic carbocycles. The molecule has 4 aromatic rings. The molecule has 12 nitrogen and oxygen atoms in total. The molecule has 4 rings (SSSR count). The van der Waals surface area contributed by atoms with Crippen LogP contribution in [-0.2, 0) is 32.7 Å². The zero-order chi connectivity index (χ0) is 31.1. The third-order valence-corrected chi connectivity index (χ3v) is 5.09. The van der Waals surface area contributed by atoms with Crippen LogP contribution in [-0.4, -0.2) is 80.4 Å². The third kappa shape index (κ3) is 14.5. The molecule has 0 spiro atoms. The molecule has 0 aromatic carbocycles. The van der Waals surface area contributed by atoms with E-state index < -0.39 is 0 Å². The molecule has 15 heteroatoms. The van der Waals surface area contributed by atoms with E-state index in [0.29, 0.717) is 17.0 Å². The number of halogens is 2.